The fourth-order valence-electron chi connectivity index (χ4n) is 2.65. The first kappa shape index (κ1) is 14.0. The van der Waals surface area contributed by atoms with Crippen LogP contribution >= 0.6 is 0 Å². The van der Waals surface area contributed by atoms with Crippen molar-refractivity contribution in [3.63, 3.8) is 0 Å². The quantitative estimate of drug-likeness (QED) is 0.737. The Hall–Kier alpha value is -0.995. The van der Waals surface area contributed by atoms with E-state index in [0.29, 0.717) is 0 Å². The maximum Gasteiger partial charge on any atom is 0.494 e. The Morgan fingerprint density at radius 2 is 1.75 bits per heavy atom. The SMILES string of the molecule is CC1CCc2ccc(B3OC(C)(C)C(C)(C)O3)cc2O1. The molecule has 3 nitrogen and oxygen atoms in total. The third-order valence-corrected chi connectivity index (χ3v) is 4.76. The molecule has 0 aliphatic carbocycles. The van der Waals surface area contributed by atoms with Gasteiger partial charge in [-0.1, -0.05) is 12.1 Å². The second-order valence-electron chi connectivity index (χ2n) is 6.92. The molecule has 1 atom stereocenters. The van der Waals surface area contributed by atoms with Crippen LogP contribution in [0.1, 0.15) is 46.6 Å². The van der Waals surface area contributed by atoms with Crippen LogP contribution in [0.25, 0.3) is 0 Å². The second-order valence-corrected chi connectivity index (χ2v) is 6.92. The third kappa shape index (κ3) is 2.25. The van der Waals surface area contributed by atoms with Gasteiger partial charge in [0.15, 0.2) is 0 Å². The van der Waals surface area contributed by atoms with Gasteiger partial charge >= 0.3 is 7.12 Å². The lowest BCUT2D eigenvalue weighted by Crippen LogP contribution is -2.41. The van der Waals surface area contributed by atoms with Crippen molar-refractivity contribution in [2.75, 3.05) is 0 Å². The van der Waals surface area contributed by atoms with Crippen molar-refractivity contribution in [2.24, 2.45) is 0 Å². The first-order valence-corrected chi connectivity index (χ1v) is 7.44. The van der Waals surface area contributed by atoms with Crippen LogP contribution in [0.3, 0.4) is 0 Å². The lowest BCUT2D eigenvalue weighted by Gasteiger charge is -2.32. The lowest BCUT2D eigenvalue weighted by molar-refractivity contribution is 0.00578. The van der Waals surface area contributed by atoms with Gasteiger partial charge in [0.25, 0.3) is 0 Å². The van der Waals surface area contributed by atoms with E-state index in [1.54, 1.807) is 0 Å². The summed E-state index contributed by atoms with van der Waals surface area (Å²) in [6, 6.07) is 6.31. The van der Waals surface area contributed by atoms with Gasteiger partial charge in [-0.3, -0.25) is 0 Å². The average molecular weight is 274 g/mol. The predicted molar refractivity (Wildman–Crippen MR) is 80.6 cm³/mol. The lowest BCUT2D eigenvalue weighted by atomic mass is 9.78. The van der Waals surface area contributed by atoms with Crippen molar-refractivity contribution in [3.8, 4) is 5.75 Å². The zero-order chi connectivity index (χ0) is 14.5. The zero-order valence-electron chi connectivity index (χ0n) is 13.0. The van der Waals surface area contributed by atoms with E-state index in [2.05, 4.69) is 52.8 Å². The summed E-state index contributed by atoms with van der Waals surface area (Å²) in [6.45, 7) is 10.4. The molecule has 0 amide bonds. The smallest absolute Gasteiger partial charge is 0.490 e. The highest BCUT2D eigenvalue weighted by Gasteiger charge is 2.51. The average Bonchev–Trinajstić information content (AvgIpc) is 2.57. The highest BCUT2D eigenvalue weighted by atomic mass is 16.7. The van der Waals surface area contributed by atoms with Crippen molar-refractivity contribution < 1.29 is 14.0 Å². The van der Waals surface area contributed by atoms with Gasteiger partial charge in [-0.25, -0.2) is 0 Å². The third-order valence-electron chi connectivity index (χ3n) is 4.76. The summed E-state index contributed by atoms with van der Waals surface area (Å²) in [4.78, 5) is 0. The minimum atomic E-state index is -0.314. The number of hydrogen-bond donors (Lipinski definition) is 0. The summed E-state index contributed by atoms with van der Waals surface area (Å²) < 4.78 is 18.1. The molecule has 0 saturated carbocycles. The van der Waals surface area contributed by atoms with E-state index in [4.69, 9.17) is 14.0 Å². The molecule has 108 valence electrons. The first-order valence-electron chi connectivity index (χ1n) is 7.44. The molecule has 0 N–H and O–H groups in total. The van der Waals surface area contributed by atoms with Crippen LogP contribution in [0.15, 0.2) is 18.2 Å². The fraction of sp³-hybridized carbons (Fsp3) is 0.625. The number of rotatable bonds is 1. The van der Waals surface area contributed by atoms with E-state index in [0.717, 1.165) is 24.1 Å². The number of benzene rings is 1. The number of hydrogen-bond acceptors (Lipinski definition) is 3. The van der Waals surface area contributed by atoms with Gasteiger partial charge in [0.1, 0.15) is 5.75 Å². The molecule has 2 aliphatic rings. The number of aryl methyl sites for hydroxylation is 1. The van der Waals surface area contributed by atoms with Crippen molar-refractivity contribution in [1.29, 1.82) is 0 Å². The van der Waals surface area contributed by atoms with Crippen LogP contribution in [-0.2, 0) is 15.7 Å². The van der Waals surface area contributed by atoms with E-state index >= 15 is 0 Å². The highest BCUT2D eigenvalue weighted by molar-refractivity contribution is 6.62. The molecular formula is C16H23BO3. The van der Waals surface area contributed by atoms with Crippen LogP contribution in [0.2, 0.25) is 0 Å². The van der Waals surface area contributed by atoms with Gasteiger partial charge in [0.05, 0.1) is 17.3 Å². The monoisotopic (exact) mass is 274 g/mol. The Kier molecular flexibility index (Phi) is 3.14. The summed E-state index contributed by atoms with van der Waals surface area (Å²) >= 11 is 0. The van der Waals surface area contributed by atoms with E-state index in [-0.39, 0.29) is 24.4 Å². The molecule has 0 aromatic heterocycles. The summed E-state index contributed by atoms with van der Waals surface area (Å²) in [7, 11) is -0.314. The largest absolute Gasteiger partial charge is 0.494 e. The van der Waals surface area contributed by atoms with E-state index in [9.17, 15) is 0 Å². The molecule has 1 unspecified atom stereocenters. The molecule has 3 rings (SSSR count). The molecule has 0 spiro atoms. The standard InChI is InChI=1S/C16H23BO3/c1-11-6-7-12-8-9-13(10-14(12)18-11)17-19-15(2,3)16(4,5)20-17/h8-11H,6-7H2,1-5H3. The minimum absolute atomic E-state index is 0.288. The predicted octanol–water partition coefficient (Wildman–Crippen LogP) is 2.70. The van der Waals surface area contributed by atoms with Gasteiger partial charge in [0, 0.05) is 0 Å². The molecule has 1 saturated heterocycles. The first-order chi connectivity index (χ1) is 9.28. The molecule has 1 aromatic carbocycles. The zero-order valence-corrected chi connectivity index (χ0v) is 13.0. The summed E-state index contributed by atoms with van der Waals surface area (Å²) in [6.07, 6.45) is 2.46. The van der Waals surface area contributed by atoms with Crippen LogP contribution in [0.4, 0.5) is 0 Å². The fourth-order valence-corrected chi connectivity index (χ4v) is 2.65. The molecule has 2 aliphatic heterocycles. The van der Waals surface area contributed by atoms with Crippen molar-refractivity contribution in [1.82, 2.24) is 0 Å². The molecule has 1 aromatic rings. The minimum Gasteiger partial charge on any atom is -0.490 e. The van der Waals surface area contributed by atoms with Crippen LogP contribution in [0.5, 0.6) is 5.75 Å². The van der Waals surface area contributed by atoms with E-state index in [1.165, 1.54) is 5.56 Å². The topological polar surface area (TPSA) is 27.7 Å². The summed E-state index contributed by atoms with van der Waals surface area (Å²) in [5.74, 6) is 0.982. The number of fused-ring (bicyclic) bond motifs is 1. The number of ether oxygens (including phenoxy) is 1. The van der Waals surface area contributed by atoms with Gasteiger partial charge < -0.3 is 14.0 Å². The van der Waals surface area contributed by atoms with Crippen molar-refractivity contribution in [2.45, 2.75) is 64.8 Å². The van der Waals surface area contributed by atoms with Gasteiger partial charge in [-0.05, 0) is 64.6 Å². The van der Waals surface area contributed by atoms with Crippen LogP contribution in [0, 0.1) is 0 Å². The van der Waals surface area contributed by atoms with E-state index < -0.39 is 0 Å². The maximum absolute atomic E-state index is 6.09. The van der Waals surface area contributed by atoms with Crippen molar-refractivity contribution in [3.05, 3.63) is 23.8 Å². The molecule has 1 fully saturated rings. The summed E-state index contributed by atoms with van der Waals surface area (Å²) in [5.41, 5.74) is 1.71. The Balaban J connectivity index is 1.88. The van der Waals surface area contributed by atoms with Gasteiger partial charge in [0.2, 0.25) is 0 Å². The molecule has 0 radical (unpaired) electrons. The molecular weight excluding hydrogens is 251 g/mol. The van der Waals surface area contributed by atoms with Crippen LogP contribution < -0.4 is 10.2 Å². The highest BCUT2D eigenvalue weighted by Crippen LogP contribution is 2.37. The normalized spacial score (nSPS) is 27.1. The van der Waals surface area contributed by atoms with E-state index in [1.807, 2.05) is 0 Å². The van der Waals surface area contributed by atoms with Gasteiger partial charge in [-0.15, -0.1) is 0 Å². The van der Waals surface area contributed by atoms with Crippen LogP contribution in [-0.4, -0.2) is 24.4 Å². The maximum atomic E-state index is 6.09. The Bertz CT molecular complexity index is 508. The summed E-state index contributed by atoms with van der Waals surface area (Å²) in [5, 5.41) is 0. The molecule has 20 heavy (non-hydrogen) atoms. The Morgan fingerprint density at radius 3 is 2.40 bits per heavy atom. The van der Waals surface area contributed by atoms with Gasteiger partial charge in [-0.2, -0.15) is 0 Å². The Morgan fingerprint density at radius 1 is 1.10 bits per heavy atom. The molecule has 4 heteroatoms. The second kappa shape index (κ2) is 4.50. The molecule has 0 bridgehead atoms. The molecule has 2 heterocycles. The van der Waals surface area contributed by atoms with Crippen molar-refractivity contribution >= 4 is 12.6 Å². The Labute approximate surface area is 121 Å².